The van der Waals surface area contributed by atoms with Crippen LogP contribution in [0.5, 0.6) is 0 Å². The second kappa shape index (κ2) is 7.96. The fourth-order valence-electron chi connectivity index (χ4n) is 2.95. The number of carbonyl (C=O) groups excluding carboxylic acids is 1. The van der Waals surface area contributed by atoms with Crippen LogP contribution in [0, 0.1) is 11.3 Å². The first-order valence-corrected chi connectivity index (χ1v) is 9.45. The molecule has 1 aliphatic carbocycles. The molecule has 2 nitrogen and oxygen atoms in total. The van der Waals surface area contributed by atoms with Crippen LogP contribution in [0.1, 0.15) is 47.0 Å². The molecule has 1 saturated carbocycles. The zero-order valence-corrected chi connectivity index (χ0v) is 16.6. The number of allylic oxidation sites excluding steroid dienone is 2. The molecule has 3 atom stereocenters. The molecule has 1 aliphatic rings. The number of hydrogen-bond acceptors (Lipinski definition) is 2. The molecule has 1 fully saturated rings. The SMILES string of the molecule is C=C1CCC(Br)C(C)(C)C1CC=C(C)C(CBr)OC(C)=O. The zero-order valence-electron chi connectivity index (χ0n) is 13.4. The van der Waals surface area contributed by atoms with E-state index < -0.39 is 0 Å². The predicted octanol–water partition coefficient (Wildman–Crippen LogP) is 5.41. The van der Waals surface area contributed by atoms with Gasteiger partial charge in [0.2, 0.25) is 0 Å². The molecule has 0 aromatic rings. The molecule has 4 heteroatoms. The van der Waals surface area contributed by atoms with Gasteiger partial charge in [-0.3, -0.25) is 4.79 Å². The van der Waals surface area contributed by atoms with Crippen molar-refractivity contribution in [3.05, 3.63) is 23.8 Å². The maximum absolute atomic E-state index is 11.1. The van der Waals surface area contributed by atoms with E-state index in [1.54, 1.807) is 0 Å². The molecule has 120 valence electrons. The molecule has 0 radical (unpaired) electrons. The highest BCUT2D eigenvalue weighted by Gasteiger charge is 2.40. The first-order chi connectivity index (χ1) is 9.70. The van der Waals surface area contributed by atoms with Crippen LogP contribution in [0.3, 0.4) is 0 Å². The Morgan fingerprint density at radius 2 is 2.14 bits per heavy atom. The van der Waals surface area contributed by atoms with Gasteiger partial charge in [-0.2, -0.15) is 0 Å². The monoisotopic (exact) mass is 420 g/mol. The summed E-state index contributed by atoms with van der Waals surface area (Å²) in [5, 5.41) is 0.630. The van der Waals surface area contributed by atoms with Crippen molar-refractivity contribution in [2.24, 2.45) is 11.3 Å². The van der Waals surface area contributed by atoms with E-state index in [0.717, 1.165) is 24.8 Å². The second-order valence-corrected chi connectivity index (χ2v) is 8.23. The molecular formula is C17H26Br2O2. The number of alkyl halides is 2. The molecule has 0 N–H and O–H groups in total. The van der Waals surface area contributed by atoms with Gasteiger partial charge in [0.1, 0.15) is 6.10 Å². The van der Waals surface area contributed by atoms with E-state index in [9.17, 15) is 4.79 Å². The van der Waals surface area contributed by atoms with E-state index in [0.29, 0.717) is 16.1 Å². The first-order valence-electron chi connectivity index (χ1n) is 7.41. The Bertz CT molecular complexity index is 427. The Morgan fingerprint density at radius 3 is 2.67 bits per heavy atom. The highest BCUT2D eigenvalue weighted by atomic mass is 79.9. The number of ether oxygens (including phenoxy) is 1. The van der Waals surface area contributed by atoms with E-state index in [1.165, 1.54) is 12.5 Å². The van der Waals surface area contributed by atoms with Crippen molar-refractivity contribution in [2.75, 3.05) is 5.33 Å². The van der Waals surface area contributed by atoms with Gasteiger partial charge in [0, 0.05) is 17.1 Å². The Morgan fingerprint density at radius 1 is 1.52 bits per heavy atom. The molecule has 0 aliphatic heterocycles. The van der Waals surface area contributed by atoms with Crippen molar-refractivity contribution in [3.8, 4) is 0 Å². The van der Waals surface area contributed by atoms with Crippen LogP contribution < -0.4 is 0 Å². The standard InChI is InChI=1S/C17H26Br2O2/c1-11-7-9-16(19)17(4,5)14(11)8-6-12(2)15(10-18)21-13(3)20/h6,14-16H,1,7-10H2,2-5H3. The molecule has 0 bridgehead atoms. The molecule has 0 saturated heterocycles. The van der Waals surface area contributed by atoms with Crippen LogP contribution in [0.25, 0.3) is 0 Å². The van der Waals surface area contributed by atoms with Gasteiger partial charge < -0.3 is 4.74 Å². The minimum Gasteiger partial charge on any atom is -0.457 e. The second-order valence-electron chi connectivity index (χ2n) is 6.47. The van der Waals surface area contributed by atoms with Crippen molar-refractivity contribution in [1.82, 2.24) is 0 Å². The molecule has 3 unspecified atom stereocenters. The quantitative estimate of drug-likeness (QED) is 0.337. The van der Waals surface area contributed by atoms with Crippen LogP contribution in [0.15, 0.2) is 23.8 Å². The Hall–Kier alpha value is -0.0900. The van der Waals surface area contributed by atoms with E-state index in [-0.39, 0.29) is 17.5 Å². The highest BCUT2D eigenvalue weighted by Crippen LogP contribution is 2.48. The summed E-state index contributed by atoms with van der Waals surface area (Å²) in [6.07, 6.45) is 5.22. The van der Waals surface area contributed by atoms with Crippen LogP contribution in [-0.2, 0) is 9.53 Å². The molecule has 1 rings (SSSR count). The lowest BCUT2D eigenvalue weighted by molar-refractivity contribution is -0.143. The van der Waals surface area contributed by atoms with Crippen molar-refractivity contribution in [3.63, 3.8) is 0 Å². The largest absolute Gasteiger partial charge is 0.457 e. The third-order valence-corrected chi connectivity index (χ3v) is 6.77. The smallest absolute Gasteiger partial charge is 0.303 e. The van der Waals surface area contributed by atoms with Crippen LogP contribution in [-0.4, -0.2) is 22.2 Å². The fraction of sp³-hybridized carbons (Fsp3) is 0.706. The average molecular weight is 422 g/mol. The topological polar surface area (TPSA) is 26.3 Å². The highest BCUT2D eigenvalue weighted by molar-refractivity contribution is 9.09. The van der Waals surface area contributed by atoms with Crippen molar-refractivity contribution >= 4 is 37.8 Å². The van der Waals surface area contributed by atoms with Crippen molar-refractivity contribution in [1.29, 1.82) is 0 Å². The molecule has 0 amide bonds. The van der Waals surface area contributed by atoms with Gasteiger partial charge >= 0.3 is 5.97 Å². The van der Waals surface area contributed by atoms with Gasteiger partial charge in [0.05, 0.1) is 0 Å². The minimum absolute atomic E-state index is 0.178. The number of halogens is 2. The average Bonchev–Trinajstić information content (AvgIpc) is 2.39. The number of hydrogen-bond donors (Lipinski definition) is 0. The summed E-state index contributed by atoms with van der Waals surface area (Å²) in [4.78, 5) is 11.7. The summed E-state index contributed by atoms with van der Waals surface area (Å²) in [5.41, 5.74) is 2.63. The minimum atomic E-state index is -0.241. The molecule has 21 heavy (non-hydrogen) atoms. The fourth-order valence-corrected chi connectivity index (χ4v) is 4.15. The Kier molecular flexibility index (Phi) is 7.18. The van der Waals surface area contributed by atoms with Crippen molar-refractivity contribution < 1.29 is 9.53 Å². The van der Waals surface area contributed by atoms with Crippen molar-refractivity contribution in [2.45, 2.75) is 57.9 Å². The lowest BCUT2D eigenvalue weighted by Crippen LogP contribution is -2.38. The van der Waals surface area contributed by atoms with E-state index in [2.05, 4.69) is 58.4 Å². The van der Waals surface area contributed by atoms with Crippen LogP contribution >= 0.6 is 31.9 Å². The zero-order chi connectivity index (χ0) is 16.2. The lowest BCUT2D eigenvalue weighted by Gasteiger charge is -2.44. The van der Waals surface area contributed by atoms with Crippen LogP contribution in [0.2, 0.25) is 0 Å². The van der Waals surface area contributed by atoms with Gasteiger partial charge in [0.15, 0.2) is 0 Å². The third kappa shape index (κ3) is 4.95. The maximum atomic E-state index is 11.1. The van der Waals surface area contributed by atoms with Gasteiger partial charge in [-0.25, -0.2) is 0 Å². The molecule has 0 spiro atoms. The molecular weight excluding hydrogens is 396 g/mol. The van der Waals surface area contributed by atoms with E-state index >= 15 is 0 Å². The lowest BCUT2D eigenvalue weighted by atomic mass is 9.65. The third-order valence-electron chi connectivity index (χ3n) is 4.55. The maximum Gasteiger partial charge on any atom is 0.303 e. The van der Waals surface area contributed by atoms with Gasteiger partial charge in [-0.05, 0) is 43.1 Å². The summed E-state index contributed by atoms with van der Waals surface area (Å²) < 4.78 is 5.32. The predicted molar refractivity (Wildman–Crippen MR) is 96.1 cm³/mol. The molecule has 0 aromatic carbocycles. The van der Waals surface area contributed by atoms with Gasteiger partial charge in [-0.15, -0.1) is 0 Å². The summed E-state index contributed by atoms with van der Waals surface area (Å²) in [7, 11) is 0. The van der Waals surface area contributed by atoms with Crippen LogP contribution in [0.4, 0.5) is 0 Å². The normalized spacial score (nSPS) is 27.3. The number of rotatable bonds is 5. The summed E-state index contributed by atoms with van der Waals surface area (Å²) in [5.74, 6) is 0.217. The summed E-state index contributed by atoms with van der Waals surface area (Å²) in [6, 6.07) is 0. The summed E-state index contributed by atoms with van der Waals surface area (Å²) >= 11 is 7.23. The molecule has 0 heterocycles. The number of esters is 1. The van der Waals surface area contributed by atoms with E-state index in [1.807, 2.05) is 6.92 Å². The van der Waals surface area contributed by atoms with Gasteiger partial charge in [0.25, 0.3) is 0 Å². The Balaban J connectivity index is 2.80. The molecule has 0 aromatic heterocycles. The summed E-state index contributed by atoms with van der Waals surface area (Å²) in [6.45, 7) is 12.4. The Labute approximate surface area is 145 Å². The first kappa shape index (κ1) is 19.0. The van der Waals surface area contributed by atoms with Gasteiger partial charge in [-0.1, -0.05) is 63.9 Å². The number of carbonyl (C=O) groups is 1. The van der Waals surface area contributed by atoms with E-state index in [4.69, 9.17) is 4.74 Å².